The maximum absolute atomic E-state index is 13.2. The van der Waals surface area contributed by atoms with Crippen molar-refractivity contribution < 1.29 is 33.7 Å². The third-order valence-corrected chi connectivity index (χ3v) is 7.07. The van der Waals surface area contributed by atoms with Crippen LogP contribution in [0, 0.1) is 11.7 Å². The highest BCUT2D eigenvalue weighted by Gasteiger charge is 2.36. The summed E-state index contributed by atoms with van der Waals surface area (Å²) >= 11 is 6.40. The van der Waals surface area contributed by atoms with Gasteiger partial charge in [-0.15, -0.1) is 0 Å². The standard InChI is InChI=1S/C23H25ClFN3O2.C4H4O4/c24-17-11-19(23(29)26-20-14-27-7-5-16(20)6-8-27)22-21(12-17)28(9-10-30-22)13-15-1-3-18(25)4-2-15;5-3(6)1-2-4(7)8/h1-4,11-12,16,20H,5-10,13-14H2,(H,26,29);1-2H,(H,5,6)(H,7,8)/b;2-1+. The van der Waals surface area contributed by atoms with E-state index in [9.17, 15) is 18.8 Å². The highest BCUT2D eigenvalue weighted by molar-refractivity contribution is 6.31. The van der Waals surface area contributed by atoms with Crippen LogP contribution in [0.4, 0.5) is 10.1 Å². The zero-order valence-electron chi connectivity index (χ0n) is 20.6. The van der Waals surface area contributed by atoms with E-state index in [0.29, 0.717) is 54.1 Å². The largest absolute Gasteiger partial charge is 0.489 e. The van der Waals surface area contributed by atoms with Gasteiger partial charge in [-0.05, 0) is 61.7 Å². The summed E-state index contributed by atoms with van der Waals surface area (Å²) in [7, 11) is 0. The van der Waals surface area contributed by atoms with Gasteiger partial charge in [0, 0.05) is 36.3 Å². The molecule has 0 aromatic heterocycles. The highest BCUT2D eigenvalue weighted by atomic mass is 35.5. The van der Waals surface area contributed by atoms with E-state index in [4.69, 9.17) is 26.6 Å². The number of rotatable bonds is 6. The number of aliphatic carboxylic acids is 2. The molecule has 2 aromatic carbocycles. The second-order valence-electron chi connectivity index (χ2n) is 9.43. The van der Waals surface area contributed by atoms with Crippen LogP contribution in [0.15, 0.2) is 48.6 Å². The van der Waals surface area contributed by atoms with Crippen LogP contribution in [0.1, 0.15) is 28.8 Å². The Morgan fingerprint density at radius 2 is 1.71 bits per heavy atom. The van der Waals surface area contributed by atoms with Gasteiger partial charge in [-0.1, -0.05) is 23.7 Å². The van der Waals surface area contributed by atoms with Crippen LogP contribution >= 0.6 is 11.6 Å². The van der Waals surface area contributed by atoms with Crippen LogP contribution in [-0.4, -0.2) is 71.8 Å². The molecular weight excluding hydrogens is 517 g/mol. The van der Waals surface area contributed by atoms with Gasteiger partial charge in [0.15, 0.2) is 5.75 Å². The van der Waals surface area contributed by atoms with Gasteiger partial charge in [0.1, 0.15) is 12.4 Å². The molecule has 6 rings (SSSR count). The number of nitrogens with zero attached hydrogens (tertiary/aromatic N) is 2. The van der Waals surface area contributed by atoms with Crippen LogP contribution in [0.5, 0.6) is 5.75 Å². The Kier molecular flexibility index (Phi) is 8.85. The lowest BCUT2D eigenvalue weighted by Crippen LogP contribution is -2.57. The smallest absolute Gasteiger partial charge is 0.328 e. The Balaban J connectivity index is 0.000000368. The Hall–Kier alpha value is -3.63. The number of ether oxygens (including phenoxy) is 1. The zero-order valence-corrected chi connectivity index (χ0v) is 21.4. The van der Waals surface area contributed by atoms with Gasteiger partial charge in [-0.25, -0.2) is 14.0 Å². The molecule has 4 heterocycles. The lowest BCUT2D eigenvalue weighted by Gasteiger charge is -2.45. The van der Waals surface area contributed by atoms with Crippen molar-refractivity contribution in [2.24, 2.45) is 5.92 Å². The third-order valence-electron chi connectivity index (χ3n) is 6.85. The number of fused-ring (bicyclic) bond motifs is 4. The molecule has 0 saturated carbocycles. The van der Waals surface area contributed by atoms with Crippen LogP contribution in [0.25, 0.3) is 0 Å². The van der Waals surface area contributed by atoms with Crippen molar-refractivity contribution in [3.8, 4) is 5.75 Å². The van der Waals surface area contributed by atoms with Crippen LogP contribution in [-0.2, 0) is 16.1 Å². The Bertz CT molecular complexity index is 1200. The van der Waals surface area contributed by atoms with Crippen molar-refractivity contribution in [3.05, 3.63) is 70.5 Å². The minimum Gasteiger partial charge on any atom is -0.489 e. The number of carbonyl (C=O) groups is 3. The molecule has 4 aliphatic heterocycles. The quantitative estimate of drug-likeness (QED) is 0.472. The van der Waals surface area contributed by atoms with E-state index >= 15 is 0 Å². The summed E-state index contributed by atoms with van der Waals surface area (Å²) in [4.78, 5) is 36.8. The molecule has 1 unspecified atom stereocenters. The number of carboxylic acid groups (broad SMARTS) is 2. The monoisotopic (exact) mass is 545 g/mol. The average Bonchev–Trinajstić information content (AvgIpc) is 2.90. The Morgan fingerprint density at radius 3 is 2.29 bits per heavy atom. The molecule has 3 N–H and O–H groups in total. The first-order chi connectivity index (χ1) is 18.2. The molecule has 3 saturated heterocycles. The molecule has 0 radical (unpaired) electrons. The normalized spacial score (nSPS) is 21.6. The van der Waals surface area contributed by atoms with Crippen LogP contribution in [0.2, 0.25) is 5.02 Å². The number of amides is 1. The molecular formula is C27H29ClFN3O6. The predicted molar refractivity (Wildman–Crippen MR) is 139 cm³/mol. The lowest BCUT2D eigenvalue weighted by atomic mass is 9.84. The molecule has 38 heavy (non-hydrogen) atoms. The molecule has 9 nitrogen and oxygen atoms in total. The van der Waals surface area contributed by atoms with Gasteiger partial charge in [-0.2, -0.15) is 0 Å². The van der Waals surface area contributed by atoms with Crippen molar-refractivity contribution in [1.29, 1.82) is 0 Å². The molecule has 11 heteroatoms. The van der Waals surface area contributed by atoms with E-state index in [-0.39, 0.29) is 17.8 Å². The molecule has 2 bridgehead atoms. The van der Waals surface area contributed by atoms with Crippen molar-refractivity contribution >= 4 is 35.1 Å². The summed E-state index contributed by atoms with van der Waals surface area (Å²) in [5, 5.41) is 19.4. The minimum atomic E-state index is -1.26. The Labute approximate surface area is 224 Å². The van der Waals surface area contributed by atoms with Crippen molar-refractivity contribution in [2.75, 3.05) is 37.7 Å². The molecule has 0 aliphatic carbocycles. The van der Waals surface area contributed by atoms with Crippen LogP contribution < -0.4 is 15.0 Å². The van der Waals surface area contributed by atoms with Gasteiger partial charge in [0.2, 0.25) is 0 Å². The molecule has 0 spiro atoms. The van der Waals surface area contributed by atoms with Crippen molar-refractivity contribution in [3.63, 3.8) is 0 Å². The number of hydrogen-bond donors (Lipinski definition) is 3. The molecule has 1 amide bonds. The minimum absolute atomic E-state index is 0.129. The number of nitrogens with one attached hydrogen (secondary N) is 1. The first-order valence-corrected chi connectivity index (χ1v) is 12.7. The number of carbonyl (C=O) groups excluding carboxylic acids is 1. The first-order valence-electron chi connectivity index (χ1n) is 12.3. The van der Waals surface area contributed by atoms with Gasteiger partial charge in [-0.3, -0.25) is 4.79 Å². The lowest BCUT2D eigenvalue weighted by molar-refractivity contribution is -0.134. The maximum Gasteiger partial charge on any atom is 0.328 e. The van der Waals surface area contributed by atoms with E-state index < -0.39 is 11.9 Å². The van der Waals surface area contributed by atoms with Crippen molar-refractivity contribution in [2.45, 2.75) is 25.4 Å². The number of halogens is 2. The summed E-state index contributed by atoms with van der Waals surface area (Å²) < 4.78 is 19.2. The average molecular weight is 546 g/mol. The Morgan fingerprint density at radius 1 is 1.05 bits per heavy atom. The maximum atomic E-state index is 13.2. The van der Waals surface area contributed by atoms with Gasteiger partial charge in [0.25, 0.3) is 5.91 Å². The number of piperidine rings is 3. The molecule has 3 fully saturated rings. The summed E-state index contributed by atoms with van der Waals surface area (Å²) in [6, 6.07) is 10.2. The van der Waals surface area contributed by atoms with Gasteiger partial charge >= 0.3 is 11.9 Å². The van der Waals surface area contributed by atoms with E-state index in [1.54, 1.807) is 18.2 Å². The number of benzene rings is 2. The zero-order chi connectivity index (χ0) is 27.2. The highest BCUT2D eigenvalue weighted by Crippen LogP contribution is 2.39. The summed E-state index contributed by atoms with van der Waals surface area (Å²) in [5.74, 6) is -1.77. The van der Waals surface area contributed by atoms with Gasteiger partial charge < -0.3 is 30.1 Å². The second-order valence-corrected chi connectivity index (χ2v) is 9.86. The summed E-state index contributed by atoms with van der Waals surface area (Å²) in [6.45, 7) is 4.92. The van der Waals surface area contributed by atoms with E-state index in [1.165, 1.54) is 12.1 Å². The SMILES string of the molecule is O=C(NC1CN2CCC1CC2)c1cc(Cl)cc2c1OCCN2Cc1ccc(F)cc1.O=C(O)/C=C/C(=O)O. The van der Waals surface area contributed by atoms with Gasteiger partial charge in [0.05, 0.1) is 17.8 Å². The second kappa shape index (κ2) is 12.3. The first kappa shape index (κ1) is 27.4. The van der Waals surface area contributed by atoms with Crippen molar-refractivity contribution in [1.82, 2.24) is 10.2 Å². The van der Waals surface area contributed by atoms with E-state index in [0.717, 1.165) is 43.7 Å². The number of hydrogen-bond acceptors (Lipinski definition) is 6. The van der Waals surface area contributed by atoms with E-state index in [1.807, 2.05) is 6.07 Å². The fraction of sp³-hybridized carbons (Fsp3) is 0.370. The topological polar surface area (TPSA) is 119 Å². The number of carboxylic acids is 2. The van der Waals surface area contributed by atoms with E-state index in [2.05, 4.69) is 15.1 Å². The molecule has 2 aromatic rings. The molecule has 202 valence electrons. The summed E-state index contributed by atoms with van der Waals surface area (Å²) in [6.07, 6.45) is 3.39. The number of anilines is 1. The molecule has 4 aliphatic rings. The fourth-order valence-corrected chi connectivity index (χ4v) is 5.22. The molecule has 1 atom stereocenters. The predicted octanol–water partition coefficient (Wildman–Crippen LogP) is 3.41. The third kappa shape index (κ3) is 7.02. The van der Waals surface area contributed by atoms with Crippen LogP contribution in [0.3, 0.4) is 0 Å². The fourth-order valence-electron chi connectivity index (χ4n) is 5.00. The summed E-state index contributed by atoms with van der Waals surface area (Å²) in [5.41, 5.74) is 2.28.